The highest BCUT2D eigenvalue weighted by Gasteiger charge is 2.12. The normalized spacial score (nSPS) is 12.6. The van der Waals surface area contributed by atoms with Gasteiger partial charge in [-0.25, -0.2) is 4.98 Å². The predicted octanol–water partition coefficient (Wildman–Crippen LogP) is 2.68. The molecule has 0 aromatic carbocycles. The van der Waals surface area contributed by atoms with Gasteiger partial charge in [-0.15, -0.1) is 0 Å². The van der Waals surface area contributed by atoms with Crippen molar-refractivity contribution in [1.29, 1.82) is 0 Å². The van der Waals surface area contributed by atoms with Crippen LogP contribution in [0.3, 0.4) is 0 Å². The molecule has 2 N–H and O–H groups in total. The molecule has 3 nitrogen and oxygen atoms in total. The average molecular weight is 242 g/mol. The lowest BCUT2D eigenvalue weighted by atomic mass is 10.1. The second-order valence-corrected chi connectivity index (χ2v) is 4.58. The standard InChI is InChI=1S/C12H20ClN3/c1-4-9(2)8-16(3)12-11(13)10(7-14)5-6-15-12/h5-6,9H,4,7-8,14H2,1-3H3. The smallest absolute Gasteiger partial charge is 0.147 e. The van der Waals surface area contributed by atoms with Crippen LogP contribution >= 0.6 is 11.6 Å². The minimum atomic E-state index is 0.450. The Morgan fingerprint density at radius 2 is 2.25 bits per heavy atom. The minimum absolute atomic E-state index is 0.450. The molecule has 0 aliphatic carbocycles. The fraction of sp³-hybridized carbons (Fsp3) is 0.583. The van der Waals surface area contributed by atoms with Crippen LogP contribution < -0.4 is 10.6 Å². The molecule has 0 fully saturated rings. The molecule has 0 aliphatic heterocycles. The number of nitrogens with two attached hydrogens (primary N) is 1. The van der Waals surface area contributed by atoms with E-state index in [9.17, 15) is 0 Å². The second kappa shape index (κ2) is 6.06. The molecule has 0 saturated heterocycles. The maximum atomic E-state index is 6.25. The fourth-order valence-corrected chi connectivity index (χ4v) is 1.91. The number of hydrogen-bond donors (Lipinski definition) is 1. The van der Waals surface area contributed by atoms with Crippen LogP contribution in [0.25, 0.3) is 0 Å². The zero-order valence-electron chi connectivity index (χ0n) is 10.2. The van der Waals surface area contributed by atoms with E-state index < -0.39 is 0 Å². The lowest BCUT2D eigenvalue weighted by molar-refractivity contribution is 0.557. The first-order chi connectivity index (χ1) is 7.60. The molecule has 1 heterocycles. The number of pyridine rings is 1. The summed E-state index contributed by atoms with van der Waals surface area (Å²) >= 11 is 6.25. The highest BCUT2D eigenvalue weighted by atomic mass is 35.5. The minimum Gasteiger partial charge on any atom is -0.358 e. The number of nitrogens with zero attached hydrogens (tertiary/aromatic N) is 2. The summed E-state index contributed by atoms with van der Waals surface area (Å²) in [6, 6.07) is 1.86. The molecule has 0 spiro atoms. The van der Waals surface area contributed by atoms with Gasteiger partial charge in [0.05, 0.1) is 5.02 Å². The number of anilines is 1. The van der Waals surface area contributed by atoms with Crippen molar-refractivity contribution >= 4 is 17.4 Å². The van der Waals surface area contributed by atoms with Gasteiger partial charge in [0.2, 0.25) is 0 Å². The Bertz CT molecular complexity index is 341. The van der Waals surface area contributed by atoms with E-state index in [4.69, 9.17) is 17.3 Å². The number of hydrogen-bond acceptors (Lipinski definition) is 3. The van der Waals surface area contributed by atoms with Crippen LogP contribution in [-0.2, 0) is 6.54 Å². The van der Waals surface area contributed by atoms with E-state index >= 15 is 0 Å². The van der Waals surface area contributed by atoms with Gasteiger partial charge < -0.3 is 10.6 Å². The van der Waals surface area contributed by atoms with Gasteiger partial charge in [0.25, 0.3) is 0 Å². The van der Waals surface area contributed by atoms with Crippen molar-refractivity contribution in [3.63, 3.8) is 0 Å². The van der Waals surface area contributed by atoms with Crippen LogP contribution in [0.1, 0.15) is 25.8 Å². The molecule has 16 heavy (non-hydrogen) atoms. The Morgan fingerprint density at radius 1 is 1.56 bits per heavy atom. The van der Waals surface area contributed by atoms with Crippen molar-refractivity contribution in [2.75, 3.05) is 18.5 Å². The molecule has 0 radical (unpaired) electrons. The first-order valence-electron chi connectivity index (χ1n) is 5.64. The SMILES string of the molecule is CCC(C)CN(C)c1nccc(CN)c1Cl. The molecular weight excluding hydrogens is 222 g/mol. The third-order valence-corrected chi connectivity index (χ3v) is 3.23. The van der Waals surface area contributed by atoms with Crippen molar-refractivity contribution in [2.24, 2.45) is 11.7 Å². The van der Waals surface area contributed by atoms with Gasteiger partial charge in [0.1, 0.15) is 5.82 Å². The average Bonchev–Trinajstić information content (AvgIpc) is 2.29. The monoisotopic (exact) mass is 241 g/mol. The second-order valence-electron chi connectivity index (χ2n) is 4.21. The Hall–Kier alpha value is -0.800. The summed E-state index contributed by atoms with van der Waals surface area (Å²) < 4.78 is 0. The molecule has 1 aromatic heterocycles. The maximum absolute atomic E-state index is 6.25. The molecule has 90 valence electrons. The summed E-state index contributed by atoms with van der Waals surface area (Å²) in [6.45, 7) is 5.81. The van der Waals surface area contributed by atoms with Gasteiger partial charge in [-0.1, -0.05) is 31.9 Å². The molecular formula is C12H20ClN3. The van der Waals surface area contributed by atoms with Crippen molar-refractivity contribution in [1.82, 2.24) is 4.98 Å². The van der Waals surface area contributed by atoms with Crippen molar-refractivity contribution in [3.8, 4) is 0 Å². The molecule has 0 amide bonds. The Balaban J connectivity index is 2.86. The van der Waals surface area contributed by atoms with Gasteiger partial charge in [-0.2, -0.15) is 0 Å². The molecule has 4 heteroatoms. The quantitative estimate of drug-likeness (QED) is 0.862. The Morgan fingerprint density at radius 3 is 2.81 bits per heavy atom. The lowest BCUT2D eigenvalue weighted by Gasteiger charge is -2.23. The van der Waals surface area contributed by atoms with Crippen LogP contribution in [0.15, 0.2) is 12.3 Å². The van der Waals surface area contributed by atoms with Crippen LogP contribution in [0.4, 0.5) is 5.82 Å². The zero-order valence-corrected chi connectivity index (χ0v) is 11.0. The molecule has 1 rings (SSSR count). The highest BCUT2D eigenvalue weighted by molar-refractivity contribution is 6.33. The first-order valence-corrected chi connectivity index (χ1v) is 6.02. The third-order valence-electron chi connectivity index (χ3n) is 2.81. The van der Waals surface area contributed by atoms with E-state index in [0.29, 0.717) is 17.5 Å². The van der Waals surface area contributed by atoms with Gasteiger partial charge in [-0.05, 0) is 17.5 Å². The summed E-state index contributed by atoms with van der Waals surface area (Å²) in [5, 5.41) is 0.677. The van der Waals surface area contributed by atoms with Crippen LogP contribution in [0.2, 0.25) is 5.02 Å². The molecule has 1 unspecified atom stereocenters. The van der Waals surface area contributed by atoms with Gasteiger partial charge >= 0.3 is 0 Å². The van der Waals surface area contributed by atoms with Crippen LogP contribution in [0.5, 0.6) is 0 Å². The van der Waals surface area contributed by atoms with E-state index in [1.807, 2.05) is 13.1 Å². The summed E-state index contributed by atoms with van der Waals surface area (Å²) in [4.78, 5) is 6.41. The maximum Gasteiger partial charge on any atom is 0.147 e. The molecule has 0 saturated carbocycles. The molecule has 0 aliphatic rings. The van der Waals surface area contributed by atoms with Gasteiger partial charge in [0, 0.05) is 26.3 Å². The Labute approximate surface area is 103 Å². The van der Waals surface area contributed by atoms with Gasteiger partial charge in [0.15, 0.2) is 0 Å². The summed E-state index contributed by atoms with van der Waals surface area (Å²) in [7, 11) is 2.01. The van der Waals surface area contributed by atoms with Crippen molar-refractivity contribution in [3.05, 3.63) is 22.8 Å². The summed E-state index contributed by atoms with van der Waals surface area (Å²) in [5.41, 5.74) is 6.56. The zero-order chi connectivity index (χ0) is 12.1. The van der Waals surface area contributed by atoms with E-state index in [1.54, 1.807) is 6.20 Å². The highest BCUT2D eigenvalue weighted by Crippen LogP contribution is 2.26. The number of aromatic nitrogens is 1. The molecule has 0 bridgehead atoms. The summed E-state index contributed by atoms with van der Waals surface area (Å²) in [6.07, 6.45) is 2.91. The van der Waals surface area contributed by atoms with E-state index in [0.717, 1.165) is 24.3 Å². The topological polar surface area (TPSA) is 42.2 Å². The summed E-state index contributed by atoms with van der Waals surface area (Å²) in [5.74, 6) is 1.45. The Kier molecular flexibility index (Phi) is 5.03. The number of rotatable bonds is 5. The van der Waals surface area contributed by atoms with Crippen LogP contribution in [0, 0.1) is 5.92 Å². The van der Waals surface area contributed by atoms with E-state index in [2.05, 4.69) is 23.7 Å². The van der Waals surface area contributed by atoms with Crippen molar-refractivity contribution < 1.29 is 0 Å². The van der Waals surface area contributed by atoms with Gasteiger partial charge in [-0.3, -0.25) is 0 Å². The lowest BCUT2D eigenvalue weighted by Crippen LogP contribution is -2.25. The van der Waals surface area contributed by atoms with Crippen LogP contribution in [-0.4, -0.2) is 18.6 Å². The van der Waals surface area contributed by atoms with E-state index in [-0.39, 0.29) is 0 Å². The number of halogens is 1. The molecule has 1 atom stereocenters. The van der Waals surface area contributed by atoms with E-state index in [1.165, 1.54) is 0 Å². The fourth-order valence-electron chi connectivity index (χ4n) is 1.58. The van der Waals surface area contributed by atoms with Crippen molar-refractivity contribution in [2.45, 2.75) is 26.8 Å². The molecule has 1 aromatic rings. The predicted molar refractivity (Wildman–Crippen MR) is 69.9 cm³/mol. The third kappa shape index (κ3) is 3.09. The first kappa shape index (κ1) is 13.3. The largest absolute Gasteiger partial charge is 0.358 e.